The zero-order valence-electron chi connectivity index (χ0n) is 14.5. The number of carbonyl (C=O) groups excluding carboxylic acids is 2. The minimum atomic E-state index is -0.442. The summed E-state index contributed by atoms with van der Waals surface area (Å²) in [4.78, 5) is 25.3. The molecule has 1 aliphatic heterocycles. The Hall–Kier alpha value is -2.60. The summed E-state index contributed by atoms with van der Waals surface area (Å²) in [7, 11) is 2.03. The van der Waals surface area contributed by atoms with Crippen molar-refractivity contribution in [1.29, 1.82) is 0 Å². The minimum Gasteiger partial charge on any atom is -0.350 e. The van der Waals surface area contributed by atoms with Gasteiger partial charge in [-0.25, -0.2) is 4.79 Å². The number of carbonyl (C=O) groups is 2. The molecular weight excluding hydrogens is 316 g/mol. The largest absolute Gasteiger partial charge is 0.350 e. The Morgan fingerprint density at radius 1 is 1.20 bits per heavy atom. The zero-order valence-corrected chi connectivity index (χ0v) is 14.5. The quantitative estimate of drug-likeness (QED) is 0.752. The second kappa shape index (κ2) is 7.98. The summed E-state index contributed by atoms with van der Waals surface area (Å²) in [5.41, 5.74) is 2.24. The van der Waals surface area contributed by atoms with Crippen molar-refractivity contribution in [1.82, 2.24) is 15.2 Å². The summed E-state index contributed by atoms with van der Waals surface area (Å²) >= 11 is 0. The molecule has 6 nitrogen and oxygen atoms in total. The molecule has 0 radical (unpaired) electrons. The van der Waals surface area contributed by atoms with Crippen molar-refractivity contribution < 1.29 is 14.5 Å². The van der Waals surface area contributed by atoms with Crippen molar-refractivity contribution in [2.24, 2.45) is 7.05 Å². The van der Waals surface area contributed by atoms with Gasteiger partial charge in [-0.05, 0) is 17.7 Å². The van der Waals surface area contributed by atoms with Gasteiger partial charge in [-0.2, -0.15) is 0 Å². The second-order valence-electron chi connectivity index (χ2n) is 6.54. The van der Waals surface area contributed by atoms with E-state index in [1.54, 1.807) is 0 Å². The number of aryl methyl sites for hydroxylation is 1. The number of quaternary nitrogens is 1. The van der Waals surface area contributed by atoms with E-state index in [9.17, 15) is 9.59 Å². The summed E-state index contributed by atoms with van der Waals surface area (Å²) in [6.45, 7) is 1.67. The number of benzene rings is 1. The fourth-order valence-electron chi connectivity index (χ4n) is 3.52. The molecule has 0 bridgehead atoms. The number of urea groups is 1. The van der Waals surface area contributed by atoms with E-state index in [1.807, 2.05) is 49.6 Å². The summed E-state index contributed by atoms with van der Waals surface area (Å²) in [5.74, 6) is -0.235. The molecular formula is C19H25N4O2+. The summed E-state index contributed by atoms with van der Waals surface area (Å²) < 4.78 is 2.11. The first kappa shape index (κ1) is 17.2. The minimum absolute atomic E-state index is 0.235. The van der Waals surface area contributed by atoms with Crippen LogP contribution in [0.3, 0.4) is 0 Å². The topological polar surface area (TPSA) is 67.6 Å². The first-order valence-electron chi connectivity index (χ1n) is 8.71. The molecule has 1 saturated heterocycles. The van der Waals surface area contributed by atoms with E-state index < -0.39 is 6.03 Å². The molecule has 6 heteroatoms. The Kier molecular flexibility index (Phi) is 5.50. The third-order valence-electron chi connectivity index (χ3n) is 4.76. The van der Waals surface area contributed by atoms with Gasteiger partial charge < -0.3 is 14.8 Å². The maximum Gasteiger partial charge on any atom is 0.321 e. The molecule has 1 unspecified atom stereocenters. The van der Waals surface area contributed by atoms with Gasteiger partial charge in [-0.1, -0.05) is 30.3 Å². The first-order valence-corrected chi connectivity index (χ1v) is 8.71. The SMILES string of the molecule is Cn1cccc1[C@@H]1CCC[NH+]1CC(=O)NC(=O)NCc1ccccc1. The van der Waals surface area contributed by atoms with Crippen LogP contribution in [0.2, 0.25) is 0 Å². The molecule has 25 heavy (non-hydrogen) atoms. The molecule has 0 saturated carbocycles. The van der Waals surface area contributed by atoms with Gasteiger partial charge in [-0.15, -0.1) is 0 Å². The maximum atomic E-state index is 12.2. The van der Waals surface area contributed by atoms with E-state index in [0.29, 0.717) is 19.1 Å². The molecule has 0 aliphatic carbocycles. The fraction of sp³-hybridized carbons (Fsp3) is 0.368. The number of hydrogen-bond acceptors (Lipinski definition) is 2. The van der Waals surface area contributed by atoms with E-state index >= 15 is 0 Å². The maximum absolute atomic E-state index is 12.2. The van der Waals surface area contributed by atoms with Crippen molar-refractivity contribution in [3.8, 4) is 0 Å². The number of imide groups is 1. The van der Waals surface area contributed by atoms with E-state index in [-0.39, 0.29) is 5.91 Å². The van der Waals surface area contributed by atoms with Gasteiger partial charge in [0.1, 0.15) is 6.04 Å². The van der Waals surface area contributed by atoms with Gasteiger partial charge in [0.15, 0.2) is 6.54 Å². The van der Waals surface area contributed by atoms with Gasteiger partial charge in [0, 0.05) is 32.6 Å². The number of aromatic nitrogens is 1. The fourth-order valence-corrected chi connectivity index (χ4v) is 3.52. The van der Waals surface area contributed by atoms with E-state index in [0.717, 1.165) is 24.9 Å². The molecule has 1 fully saturated rings. The molecule has 1 aromatic carbocycles. The summed E-state index contributed by atoms with van der Waals surface area (Å²) in [6.07, 6.45) is 4.20. The molecule has 2 atom stereocenters. The highest BCUT2D eigenvalue weighted by molar-refractivity contribution is 5.94. The van der Waals surface area contributed by atoms with E-state index in [2.05, 4.69) is 21.3 Å². The van der Waals surface area contributed by atoms with Crippen molar-refractivity contribution >= 4 is 11.9 Å². The Labute approximate surface area is 147 Å². The van der Waals surface area contributed by atoms with Crippen molar-refractivity contribution in [3.05, 3.63) is 59.9 Å². The highest BCUT2D eigenvalue weighted by Crippen LogP contribution is 2.18. The van der Waals surface area contributed by atoms with Gasteiger partial charge >= 0.3 is 6.03 Å². The van der Waals surface area contributed by atoms with Crippen molar-refractivity contribution in [2.45, 2.75) is 25.4 Å². The van der Waals surface area contributed by atoms with Crippen LogP contribution in [0.25, 0.3) is 0 Å². The summed E-state index contributed by atoms with van der Waals surface area (Å²) in [5, 5.41) is 5.16. The standard InChI is InChI=1S/C19H24N4O2/c1-22-11-5-9-16(22)17-10-6-12-23(17)14-18(24)21-19(25)20-13-15-7-3-2-4-8-15/h2-5,7-9,11,17H,6,10,12-14H2,1H3,(H2,20,21,24,25)/p+1/t17-/m0/s1. The lowest BCUT2D eigenvalue weighted by molar-refractivity contribution is -0.911. The predicted molar refractivity (Wildman–Crippen MR) is 94.9 cm³/mol. The van der Waals surface area contributed by atoms with E-state index in [4.69, 9.17) is 0 Å². The van der Waals surface area contributed by atoms with Crippen LogP contribution in [0.1, 0.15) is 30.1 Å². The molecule has 1 aromatic heterocycles. The second-order valence-corrected chi connectivity index (χ2v) is 6.54. The van der Waals surface area contributed by atoms with Crippen molar-refractivity contribution in [3.63, 3.8) is 0 Å². The Morgan fingerprint density at radius 2 is 2.00 bits per heavy atom. The molecule has 3 amide bonds. The number of likely N-dealkylation sites (tertiary alicyclic amines) is 1. The zero-order chi connectivity index (χ0) is 17.6. The molecule has 3 rings (SSSR count). The molecule has 132 valence electrons. The van der Waals surface area contributed by atoms with Gasteiger partial charge in [0.05, 0.1) is 12.2 Å². The highest BCUT2D eigenvalue weighted by Gasteiger charge is 2.33. The summed E-state index contributed by atoms with van der Waals surface area (Å²) in [6, 6.07) is 13.6. The smallest absolute Gasteiger partial charge is 0.321 e. The number of nitrogens with one attached hydrogen (secondary N) is 3. The van der Waals surface area contributed by atoms with Crippen LogP contribution in [0.4, 0.5) is 4.79 Å². The lowest BCUT2D eigenvalue weighted by atomic mass is 10.1. The number of nitrogens with zero attached hydrogens (tertiary/aromatic N) is 1. The van der Waals surface area contributed by atoms with Gasteiger partial charge in [-0.3, -0.25) is 10.1 Å². The monoisotopic (exact) mass is 341 g/mol. The number of rotatable bonds is 5. The number of hydrogen-bond donors (Lipinski definition) is 3. The number of amides is 3. The molecule has 2 heterocycles. The van der Waals surface area contributed by atoms with Crippen LogP contribution in [-0.4, -0.2) is 29.6 Å². The van der Waals surface area contributed by atoms with Crippen LogP contribution in [-0.2, 0) is 18.4 Å². The average molecular weight is 341 g/mol. The molecule has 0 spiro atoms. The normalized spacial score (nSPS) is 19.6. The first-order chi connectivity index (χ1) is 12.1. The van der Waals surface area contributed by atoms with Crippen LogP contribution in [0.5, 0.6) is 0 Å². The van der Waals surface area contributed by atoms with Crippen LogP contribution in [0, 0.1) is 0 Å². The Balaban J connectivity index is 1.48. The van der Waals surface area contributed by atoms with E-state index in [1.165, 1.54) is 10.6 Å². The van der Waals surface area contributed by atoms with Crippen molar-refractivity contribution in [2.75, 3.05) is 13.1 Å². The molecule has 3 N–H and O–H groups in total. The predicted octanol–water partition coefficient (Wildman–Crippen LogP) is 0.771. The Morgan fingerprint density at radius 3 is 2.72 bits per heavy atom. The lowest BCUT2D eigenvalue weighted by Gasteiger charge is -2.21. The van der Waals surface area contributed by atoms with Gasteiger partial charge in [0.25, 0.3) is 5.91 Å². The van der Waals surface area contributed by atoms with Crippen LogP contribution >= 0.6 is 0 Å². The highest BCUT2D eigenvalue weighted by atomic mass is 16.2. The van der Waals surface area contributed by atoms with Gasteiger partial charge in [0.2, 0.25) is 0 Å². The van der Waals surface area contributed by atoms with Crippen LogP contribution < -0.4 is 15.5 Å². The molecule has 2 aromatic rings. The third kappa shape index (κ3) is 4.48. The third-order valence-corrected chi connectivity index (χ3v) is 4.76. The lowest BCUT2D eigenvalue weighted by Crippen LogP contribution is -3.11. The van der Waals surface area contributed by atoms with Crippen LogP contribution in [0.15, 0.2) is 48.7 Å². The Bertz CT molecular complexity index is 726. The average Bonchev–Trinajstić information content (AvgIpc) is 3.22. The molecule has 1 aliphatic rings.